The zero-order valence-corrected chi connectivity index (χ0v) is 13.3. The van der Waals surface area contributed by atoms with Gasteiger partial charge in [0.15, 0.2) is 0 Å². The van der Waals surface area contributed by atoms with E-state index in [0.29, 0.717) is 19.4 Å². The zero-order chi connectivity index (χ0) is 15.4. The molecule has 0 radical (unpaired) electrons. The van der Waals surface area contributed by atoms with Gasteiger partial charge in [-0.2, -0.15) is 0 Å². The van der Waals surface area contributed by atoms with Crippen molar-refractivity contribution in [3.8, 4) is 0 Å². The maximum atomic E-state index is 11.9. The number of urea groups is 1. The summed E-state index contributed by atoms with van der Waals surface area (Å²) in [6.45, 7) is 4.64. The van der Waals surface area contributed by atoms with Gasteiger partial charge in [0.25, 0.3) is 0 Å². The van der Waals surface area contributed by atoms with Crippen LogP contribution >= 0.6 is 11.3 Å². The van der Waals surface area contributed by atoms with Gasteiger partial charge in [0.2, 0.25) is 0 Å². The van der Waals surface area contributed by atoms with E-state index in [0.717, 1.165) is 17.7 Å². The van der Waals surface area contributed by atoms with Crippen molar-refractivity contribution in [2.75, 3.05) is 0 Å². The highest BCUT2D eigenvalue weighted by atomic mass is 32.1. The van der Waals surface area contributed by atoms with Crippen molar-refractivity contribution < 1.29 is 14.7 Å². The third-order valence-electron chi connectivity index (χ3n) is 4.00. The van der Waals surface area contributed by atoms with Crippen molar-refractivity contribution in [1.29, 1.82) is 0 Å². The molecule has 21 heavy (non-hydrogen) atoms. The van der Waals surface area contributed by atoms with E-state index in [4.69, 9.17) is 5.11 Å². The minimum Gasteiger partial charge on any atom is -0.481 e. The van der Waals surface area contributed by atoms with E-state index in [1.165, 1.54) is 10.4 Å². The summed E-state index contributed by atoms with van der Waals surface area (Å²) < 4.78 is 0. The number of hydrogen-bond donors (Lipinski definition) is 3. The Balaban J connectivity index is 1.77. The van der Waals surface area contributed by atoms with Gasteiger partial charge in [-0.25, -0.2) is 4.79 Å². The molecule has 1 fully saturated rings. The number of aryl methyl sites for hydroxylation is 2. The fourth-order valence-electron chi connectivity index (χ4n) is 2.69. The number of nitrogens with one attached hydrogen (secondary N) is 2. The lowest BCUT2D eigenvalue weighted by atomic mass is 9.86. The number of carbonyl (C=O) groups is 2. The van der Waals surface area contributed by atoms with Crippen LogP contribution in [0.5, 0.6) is 0 Å². The first-order chi connectivity index (χ1) is 9.95. The van der Waals surface area contributed by atoms with E-state index in [-0.39, 0.29) is 18.0 Å². The van der Waals surface area contributed by atoms with Crippen molar-refractivity contribution in [1.82, 2.24) is 10.6 Å². The summed E-state index contributed by atoms with van der Waals surface area (Å²) >= 11 is 1.69. The van der Waals surface area contributed by atoms with Gasteiger partial charge >= 0.3 is 12.0 Å². The lowest BCUT2D eigenvalue weighted by Gasteiger charge is -2.27. The molecule has 1 aliphatic carbocycles. The molecule has 3 N–H and O–H groups in total. The quantitative estimate of drug-likeness (QED) is 0.800. The van der Waals surface area contributed by atoms with Gasteiger partial charge in [-0.05, 0) is 44.7 Å². The number of aliphatic carboxylic acids is 1. The largest absolute Gasteiger partial charge is 0.481 e. The van der Waals surface area contributed by atoms with E-state index in [1.54, 1.807) is 11.3 Å². The predicted molar refractivity (Wildman–Crippen MR) is 82.5 cm³/mol. The molecule has 1 heterocycles. The molecule has 0 bridgehead atoms. The number of rotatable bonds is 4. The maximum absolute atomic E-state index is 11.9. The van der Waals surface area contributed by atoms with Crippen LogP contribution in [0.2, 0.25) is 0 Å². The number of carboxylic acid groups (broad SMARTS) is 1. The average Bonchev–Trinajstić information content (AvgIpc) is 2.76. The summed E-state index contributed by atoms with van der Waals surface area (Å²) in [5, 5.41) is 14.8. The normalized spacial score (nSPS) is 21.8. The number of amides is 2. The lowest BCUT2D eigenvalue weighted by Crippen LogP contribution is -2.44. The molecule has 0 saturated heterocycles. The number of thiophene rings is 1. The van der Waals surface area contributed by atoms with E-state index < -0.39 is 5.97 Å². The molecule has 1 saturated carbocycles. The first-order valence-corrected chi connectivity index (χ1v) is 8.10. The van der Waals surface area contributed by atoms with E-state index in [9.17, 15) is 9.59 Å². The predicted octanol–water partition coefficient (Wildman–Crippen LogP) is 2.81. The fraction of sp³-hybridized carbons (Fsp3) is 0.600. The van der Waals surface area contributed by atoms with Crippen molar-refractivity contribution in [3.05, 3.63) is 21.4 Å². The minimum absolute atomic E-state index is 0.0355. The maximum Gasteiger partial charge on any atom is 0.315 e. The molecule has 2 unspecified atom stereocenters. The van der Waals surface area contributed by atoms with E-state index >= 15 is 0 Å². The Morgan fingerprint density at radius 3 is 2.76 bits per heavy atom. The van der Waals surface area contributed by atoms with Crippen LogP contribution in [0.15, 0.2) is 6.07 Å². The monoisotopic (exact) mass is 310 g/mol. The molecule has 6 heteroatoms. The van der Waals surface area contributed by atoms with Gasteiger partial charge in [-0.1, -0.05) is 6.42 Å². The summed E-state index contributed by atoms with van der Waals surface area (Å²) in [6, 6.07) is 1.84. The molecular weight excluding hydrogens is 288 g/mol. The van der Waals surface area contributed by atoms with Crippen LogP contribution in [0.1, 0.15) is 41.0 Å². The van der Waals surface area contributed by atoms with Crippen molar-refractivity contribution in [2.45, 2.75) is 52.1 Å². The third-order valence-corrected chi connectivity index (χ3v) is 5.15. The van der Waals surface area contributed by atoms with Gasteiger partial charge in [0, 0.05) is 15.8 Å². The second-order valence-electron chi connectivity index (χ2n) is 5.68. The molecule has 5 nitrogen and oxygen atoms in total. The molecule has 116 valence electrons. The smallest absolute Gasteiger partial charge is 0.315 e. The van der Waals surface area contributed by atoms with Crippen molar-refractivity contribution in [3.63, 3.8) is 0 Å². The highest BCUT2D eigenvalue weighted by Gasteiger charge is 2.27. The summed E-state index contributed by atoms with van der Waals surface area (Å²) in [5.41, 5.74) is 1.24. The summed E-state index contributed by atoms with van der Waals surface area (Å²) in [7, 11) is 0. The van der Waals surface area contributed by atoms with E-state index in [1.807, 2.05) is 0 Å². The Kier molecular flexibility index (Phi) is 5.22. The van der Waals surface area contributed by atoms with Crippen molar-refractivity contribution >= 4 is 23.3 Å². The molecule has 0 aromatic carbocycles. The number of carboxylic acids is 1. The molecule has 2 atom stereocenters. The topological polar surface area (TPSA) is 78.4 Å². The fourth-order valence-corrected chi connectivity index (χ4v) is 3.68. The molecule has 2 rings (SSSR count). The average molecular weight is 310 g/mol. The minimum atomic E-state index is -0.758. The second-order valence-corrected chi connectivity index (χ2v) is 7.02. The van der Waals surface area contributed by atoms with Gasteiger partial charge in [-0.3, -0.25) is 4.79 Å². The second kappa shape index (κ2) is 6.93. The van der Waals surface area contributed by atoms with Crippen LogP contribution in [-0.2, 0) is 11.3 Å². The molecule has 1 aromatic rings. The van der Waals surface area contributed by atoms with Crippen molar-refractivity contribution in [2.24, 2.45) is 5.92 Å². The Bertz CT molecular complexity index is 507. The third kappa shape index (κ3) is 4.46. The van der Waals surface area contributed by atoms with E-state index in [2.05, 4.69) is 30.5 Å². The molecule has 0 spiro atoms. The molecular formula is C15H22N2O3S. The standard InChI is InChI=1S/C15H22N2O3S/c1-9-6-13(21-10(9)2)8-16-15(20)17-12-5-3-4-11(7-12)14(18)19/h6,11-12H,3-5,7-8H2,1-2H3,(H,18,19)(H2,16,17,20). The highest BCUT2D eigenvalue weighted by molar-refractivity contribution is 7.12. The molecule has 1 aromatic heterocycles. The SMILES string of the molecule is Cc1cc(CNC(=O)NC2CCCC(C(=O)O)C2)sc1C. The summed E-state index contributed by atoms with van der Waals surface area (Å²) in [5.74, 6) is -1.09. The zero-order valence-electron chi connectivity index (χ0n) is 12.4. The molecule has 2 amide bonds. The Morgan fingerprint density at radius 1 is 1.38 bits per heavy atom. The van der Waals surface area contributed by atoms with Crippen LogP contribution < -0.4 is 10.6 Å². The first-order valence-electron chi connectivity index (χ1n) is 7.28. The molecule has 1 aliphatic rings. The number of carbonyl (C=O) groups excluding carboxylic acids is 1. The van der Waals surface area contributed by atoms with Crippen LogP contribution in [0, 0.1) is 19.8 Å². The first kappa shape index (κ1) is 15.8. The number of hydrogen-bond acceptors (Lipinski definition) is 3. The highest BCUT2D eigenvalue weighted by Crippen LogP contribution is 2.24. The van der Waals surface area contributed by atoms with Gasteiger partial charge in [-0.15, -0.1) is 11.3 Å². The lowest BCUT2D eigenvalue weighted by molar-refractivity contribution is -0.143. The Hall–Kier alpha value is -1.56. The van der Waals surface area contributed by atoms with Crippen LogP contribution in [0.25, 0.3) is 0 Å². The van der Waals surface area contributed by atoms with Gasteiger partial charge in [0.05, 0.1) is 12.5 Å². The van der Waals surface area contributed by atoms with Crippen LogP contribution in [0.4, 0.5) is 4.79 Å². The summed E-state index contributed by atoms with van der Waals surface area (Å²) in [4.78, 5) is 25.3. The Morgan fingerprint density at radius 2 is 2.14 bits per heavy atom. The van der Waals surface area contributed by atoms with Crippen LogP contribution in [0.3, 0.4) is 0 Å². The van der Waals surface area contributed by atoms with Gasteiger partial charge in [0.1, 0.15) is 0 Å². The van der Waals surface area contributed by atoms with Crippen LogP contribution in [-0.4, -0.2) is 23.1 Å². The molecule has 0 aliphatic heterocycles. The Labute approximate surface area is 128 Å². The summed E-state index contributed by atoms with van der Waals surface area (Å²) in [6.07, 6.45) is 2.95. The van der Waals surface area contributed by atoms with Gasteiger partial charge < -0.3 is 15.7 Å².